The van der Waals surface area contributed by atoms with E-state index in [4.69, 9.17) is 10.8 Å². The Morgan fingerprint density at radius 1 is 1.35 bits per heavy atom. The number of amides is 1. The van der Waals surface area contributed by atoms with Crippen molar-refractivity contribution in [3.05, 3.63) is 0 Å². The molecule has 5 nitrogen and oxygen atoms in total. The number of nitrogens with two attached hydrogens (primary N) is 1. The van der Waals surface area contributed by atoms with Crippen molar-refractivity contribution in [2.45, 2.75) is 58.5 Å². The molecule has 0 aliphatic rings. The number of carbonyl (C=O) groups excluding carboxylic acids is 1. The molecule has 1 unspecified atom stereocenters. The molecule has 4 N–H and O–H groups in total. The highest BCUT2D eigenvalue weighted by molar-refractivity contribution is 5.82. The summed E-state index contributed by atoms with van der Waals surface area (Å²) in [5, 5.41) is 11.4. The number of carbonyl (C=O) groups is 2. The maximum atomic E-state index is 11.7. The van der Waals surface area contributed by atoms with Crippen molar-refractivity contribution >= 4 is 11.9 Å². The first-order valence-electron chi connectivity index (χ1n) is 6.14. The zero-order valence-corrected chi connectivity index (χ0v) is 10.9. The van der Waals surface area contributed by atoms with Crippen LogP contribution in [0.15, 0.2) is 0 Å². The van der Waals surface area contributed by atoms with Crippen LogP contribution < -0.4 is 11.1 Å². The van der Waals surface area contributed by atoms with Crippen molar-refractivity contribution in [2.24, 2.45) is 11.7 Å². The molecule has 0 aliphatic carbocycles. The van der Waals surface area contributed by atoms with E-state index in [9.17, 15) is 9.59 Å². The minimum atomic E-state index is -0.902. The number of nitrogens with one attached hydrogen (secondary N) is 1. The van der Waals surface area contributed by atoms with Crippen LogP contribution in [0.3, 0.4) is 0 Å². The summed E-state index contributed by atoms with van der Waals surface area (Å²) in [4.78, 5) is 22.3. The Kier molecular flexibility index (Phi) is 7.54. The molecule has 0 heterocycles. The number of hydrogen-bond acceptors (Lipinski definition) is 3. The zero-order valence-electron chi connectivity index (χ0n) is 10.9. The summed E-state index contributed by atoms with van der Waals surface area (Å²) in [5.74, 6) is -0.806. The van der Waals surface area contributed by atoms with E-state index < -0.39 is 12.0 Å². The van der Waals surface area contributed by atoms with Gasteiger partial charge in [-0.1, -0.05) is 27.2 Å². The highest BCUT2D eigenvalue weighted by Crippen LogP contribution is 2.06. The van der Waals surface area contributed by atoms with Gasteiger partial charge in [0.1, 0.15) is 0 Å². The lowest BCUT2D eigenvalue weighted by atomic mass is 10.0. The van der Waals surface area contributed by atoms with Gasteiger partial charge in [0, 0.05) is 6.04 Å². The average Bonchev–Trinajstić information content (AvgIpc) is 2.15. The first-order valence-corrected chi connectivity index (χ1v) is 6.14. The van der Waals surface area contributed by atoms with E-state index in [1.54, 1.807) is 0 Å². The Morgan fingerprint density at radius 3 is 2.35 bits per heavy atom. The molecule has 0 aromatic heterocycles. The first kappa shape index (κ1) is 15.9. The highest BCUT2D eigenvalue weighted by atomic mass is 16.4. The Morgan fingerprint density at radius 2 is 1.94 bits per heavy atom. The van der Waals surface area contributed by atoms with Gasteiger partial charge in [-0.15, -0.1) is 0 Å². The van der Waals surface area contributed by atoms with Crippen LogP contribution in [0.25, 0.3) is 0 Å². The summed E-state index contributed by atoms with van der Waals surface area (Å²) in [6.45, 7) is 5.94. The number of rotatable bonds is 8. The molecule has 100 valence electrons. The lowest BCUT2D eigenvalue weighted by Crippen LogP contribution is -2.46. The molecule has 0 saturated carbocycles. The molecule has 0 aliphatic heterocycles. The van der Waals surface area contributed by atoms with Crippen LogP contribution in [-0.4, -0.2) is 29.1 Å². The molecule has 0 fully saturated rings. The maximum Gasteiger partial charge on any atom is 0.305 e. The minimum Gasteiger partial charge on any atom is -0.481 e. The number of hydrogen-bond donors (Lipinski definition) is 3. The van der Waals surface area contributed by atoms with E-state index in [0.717, 1.165) is 6.42 Å². The number of carboxylic acid groups (broad SMARTS) is 1. The molecule has 0 rings (SSSR count). The van der Waals surface area contributed by atoms with Gasteiger partial charge in [0.25, 0.3) is 0 Å². The van der Waals surface area contributed by atoms with E-state index in [1.807, 2.05) is 20.8 Å². The van der Waals surface area contributed by atoms with Crippen LogP contribution in [0, 0.1) is 5.92 Å². The molecule has 2 atom stereocenters. The molecule has 0 spiro atoms. The van der Waals surface area contributed by atoms with Crippen molar-refractivity contribution < 1.29 is 14.7 Å². The third-order valence-corrected chi connectivity index (χ3v) is 2.47. The first-order chi connectivity index (χ1) is 7.86. The van der Waals surface area contributed by atoms with E-state index >= 15 is 0 Å². The van der Waals surface area contributed by atoms with Gasteiger partial charge >= 0.3 is 5.97 Å². The molecule has 1 amide bonds. The van der Waals surface area contributed by atoms with Gasteiger partial charge in [-0.3, -0.25) is 9.59 Å². The number of aliphatic carboxylic acids is 1. The fourth-order valence-electron chi connectivity index (χ4n) is 1.71. The second kappa shape index (κ2) is 8.06. The van der Waals surface area contributed by atoms with Crippen LogP contribution in [0.1, 0.15) is 46.5 Å². The highest BCUT2D eigenvalue weighted by Gasteiger charge is 2.20. The van der Waals surface area contributed by atoms with Gasteiger partial charge < -0.3 is 16.2 Å². The van der Waals surface area contributed by atoms with Crippen molar-refractivity contribution in [3.63, 3.8) is 0 Å². The fraction of sp³-hybridized carbons (Fsp3) is 0.833. The van der Waals surface area contributed by atoms with E-state index in [1.165, 1.54) is 0 Å². The predicted octanol–water partition coefficient (Wildman–Crippen LogP) is 1.12. The second-order valence-electron chi connectivity index (χ2n) is 4.83. The van der Waals surface area contributed by atoms with Gasteiger partial charge in [-0.2, -0.15) is 0 Å². The Hall–Kier alpha value is -1.10. The quantitative estimate of drug-likeness (QED) is 0.596. The summed E-state index contributed by atoms with van der Waals surface area (Å²) in [5.41, 5.74) is 5.73. The van der Waals surface area contributed by atoms with E-state index in [0.29, 0.717) is 18.8 Å². The summed E-state index contributed by atoms with van der Waals surface area (Å²) < 4.78 is 0. The summed E-state index contributed by atoms with van der Waals surface area (Å²) in [7, 11) is 0. The van der Waals surface area contributed by atoms with Crippen molar-refractivity contribution in [1.29, 1.82) is 0 Å². The van der Waals surface area contributed by atoms with Crippen molar-refractivity contribution in [1.82, 2.24) is 5.32 Å². The van der Waals surface area contributed by atoms with Crippen LogP contribution in [0.5, 0.6) is 0 Å². The smallest absolute Gasteiger partial charge is 0.305 e. The van der Waals surface area contributed by atoms with Crippen molar-refractivity contribution in [2.75, 3.05) is 0 Å². The van der Waals surface area contributed by atoms with Crippen LogP contribution in [0.2, 0.25) is 0 Å². The van der Waals surface area contributed by atoms with Gasteiger partial charge in [0.05, 0.1) is 12.5 Å². The molecule has 17 heavy (non-hydrogen) atoms. The predicted molar refractivity (Wildman–Crippen MR) is 66.5 cm³/mol. The van der Waals surface area contributed by atoms with Crippen LogP contribution >= 0.6 is 0 Å². The molecule has 5 heteroatoms. The number of carboxylic acids is 1. The molecule has 0 saturated heterocycles. The van der Waals surface area contributed by atoms with Gasteiger partial charge in [-0.05, 0) is 18.8 Å². The zero-order chi connectivity index (χ0) is 13.4. The van der Waals surface area contributed by atoms with Gasteiger partial charge in [0.2, 0.25) is 5.91 Å². The second-order valence-corrected chi connectivity index (χ2v) is 4.83. The lowest BCUT2D eigenvalue weighted by Gasteiger charge is -2.20. The summed E-state index contributed by atoms with van der Waals surface area (Å²) in [6.07, 6.45) is 2.05. The molecule has 0 radical (unpaired) electrons. The normalized spacial score (nSPS) is 14.4. The Balaban J connectivity index is 4.23. The largest absolute Gasteiger partial charge is 0.481 e. The van der Waals surface area contributed by atoms with Gasteiger partial charge in [0.15, 0.2) is 0 Å². The Bertz CT molecular complexity index is 254. The lowest BCUT2D eigenvalue weighted by molar-refractivity contribution is -0.137. The minimum absolute atomic E-state index is 0.0476. The summed E-state index contributed by atoms with van der Waals surface area (Å²) in [6, 6.07) is -0.869. The van der Waals surface area contributed by atoms with E-state index in [2.05, 4.69) is 5.32 Å². The molecular weight excluding hydrogens is 220 g/mol. The SMILES string of the molecule is CCCC(CC(=O)O)NC(=O)[C@H](N)CC(C)C. The molecule has 0 aromatic rings. The maximum absolute atomic E-state index is 11.7. The van der Waals surface area contributed by atoms with Gasteiger partial charge in [-0.25, -0.2) is 0 Å². The average molecular weight is 244 g/mol. The summed E-state index contributed by atoms with van der Waals surface area (Å²) >= 11 is 0. The third-order valence-electron chi connectivity index (χ3n) is 2.47. The van der Waals surface area contributed by atoms with Crippen LogP contribution in [0.4, 0.5) is 0 Å². The topological polar surface area (TPSA) is 92.4 Å². The van der Waals surface area contributed by atoms with E-state index in [-0.39, 0.29) is 18.4 Å². The van der Waals surface area contributed by atoms with Crippen LogP contribution in [-0.2, 0) is 9.59 Å². The standard InChI is InChI=1S/C12H24N2O3/c1-4-5-9(7-11(15)16)14-12(17)10(13)6-8(2)3/h8-10H,4-7,13H2,1-3H3,(H,14,17)(H,15,16)/t9?,10-/m1/s1. The Labute approximate surface area is 103 Å². The third kappa shape index (κ3) is 7.74. The van der Waals surface area contributed by atoms with Crippen molar-refractivity contribution in [3.8, 4) is 0 Å². The molecule has 0 aromatic carbocycles. The monoisotopic (exact) mass is 244 g/mol. The molecular formula is C12H24N2O3. The molecule has 0 bridgehead atoms. The fourth-order valence-corrected chi connectivity index (χ4v) is 1.71.